The van der Waals surface area contributed by atoms with Crippen molar-refractivity contribution in [1.29, 1.82) is 0 Å². The van der Waals surface area contributed by atoms with Crippen molar-refractivity contribution in [3.8, 4) is 5.75 Å². The topological polar surface area (TPSA) is 35.2 Å². The van der Waals surface area contributed by atoms with Gasteiger partial charge in [-0.2, -0.15) is 0 Å². The minimum atomic E-state index is -0.576. The first kappa shape index (κ1) is 15.4. The molecular weight excluding hydrogens is 272 g/mol. The predicted octanol–water partition coefficient (Wildman–Crippen LogP) is 3.61. The summed E-state index contributed by atoms with van der Waals surface area (Å²) in [5, 5.41) is 0. The first-order valence-corrected chi connectivity index (χ1v) is 6.93. The molecule has 0 aliphatic rings. The zero-order chi connectivity index (χ0) is 15.2. The van der Waals surface area contributed by atoms with E-state index < -0.39 is 11.6 Å². The lowest BCUT2D eigenvalue weighted by Gasteiger charge is -2.13. The molecule has 0 amide bonds. The molecule has 2 aromatic carbocycles. The van der Waals surface area contributed by atoms with Crippen molar-refractivity contribution in [3.63, 3.8) is 0 Å². The number of hydrogen-bond acceptors (Lipinski definition) is 2. The van der Waals surface area contributed by atoms with Crippen molar-refractivity contribution in [2.24, 2.45) is 5.73 Å². The summed E-state index contributed by atoms with van der Waals surface area (Å²) in [7, 11) is 0. The highest BCUT2D eigenvalue weighted by atomic mass is 19.1. The smallest absolute Gasteiger partial charge is 0.129 e. The summed E-state index contributed by atoms with van der Waals surface area (Å²) < 4.78 is 31.9. The third-order valence-corrected chi connectivity index (χ3v) is 3.24. The molecule has 21 heavy (non-hydrogen) atoms. The van der Waals surface area contributed by atoms with Crippen LogP contribution in [0.2, 0.25) is 0 Å². The molecule has 0 radical (unpaired) electrons. The van der Waals surface area contributed by atoms with Gasteiger partial charge in [0.15, 0.2) is 0 Å². The van der Waals surface area contributed by atoms with Gasteiger partial charge in [-0.15, -0.1) is 0 Å². The predicted molar refractivity (Wildman–Crippen MR) is 79.3 cm³/mol. The standard InChI is InChI=1S/C17H19F2NO/c1-12-3-2-4-16(9-12)21-8-7-15(20)10-13-5-6-14(18)11-17(13)19/h2-6,9,11,15H,7-8,10,20H2,1H3. The lowest BCUT2D eigenvalue weighted by atomic mass is 10.0. The highest BCUT2D eigenvalue weighted by Crippen LogP contribution is 2.14. The Morgan fingerprint density at radius 3 is 2.67 bits per heavy atom. The van der Waals surface area contributed by atoms with Crippen LogP contribution in [0.15, 0.2) is 42.5 Å². The highest BCUT2D eigenvalue weighted by molar-refractivity contribution is 5.27. The fourth-order valence-corrected chi connectivity index (χ4v) is 2.11. The second kappa shape index (κ2) is 7.18. The third-order valence-electron chi connectivity index (χ3n) is 3.24. The fraction of sp³-hybridized carbons (Fsp3) is 0.294. The molecule has 0 saturated carbocycles. The van der Waals surface area contributed by atoms with E-state index in [0.29, 0.717) is 25.0 Å². The minimum Gasteiger partial charge on any atom is -0.494 e. The molecule has 2 N–H and O–H groups in total. The molecule has 2 rings (SSSR count). The Balaban J connectivity index is 1.81. The van der Waals surface area contributed by atoms with Crippen LogP contribution in [0.5, 0.6) is 5.75 Å². The van der Waals surface area contributed by atoms with Crippen LogP contribution in [0.1, 0.15) is 17.5 Å². The molecule has 0 saturated heterocycles. The molecule has 0 spiro atoms. The van der Waals surface area contributed by atoms with E-state index in [2.05, 4.69) is 0 Å². The van der Waals surface area contributed by atoms with Gasteiger partial charge in [0.25, 0.3) is 0 Å². The van der Waals surface area contributed by atoms with Gasteiger partial charge in [0.05, 0.1) is 6.61 Å². The van der Waals surface area contributed by atoms with Gasteiger partial charge in [-0.1, -0.05) is 18.2 Å². The molecule has 0 aromatic heterocycles. The Labute approximate surface area is 123 Å². The average molecular weight is 291 g/mol. The van der Waals surface area contributed by atoms with E-state index in [1.54, 1.807) is 0 Å². The molecule has 4 heteroatoms. The van der Waals surface area contributed by atoms with Gasteiger partial charge in [0.1, 0.15) is 17.4 Å². The second-order valence-electron chi connectivity index (χ2n) is 5.15. The van der Waals surface area contributed by atoms with Crippen LogP contribution >= 0.6 is 0 Å². The summed E-state index contributed by atoms with van der Waals surface area (Å²) in [6, 6.07) is 11.1. The Morgan fingerprint density at radius 2 is 1.95 bits per heavy atom. The van der Waals surface area contributed by atoms with Crippen LogP contribution in [0.4, 0.5) is 8.78 Å². The number of ether oxygens (including phenoxy) is 1. The molecular formula is C17H19F2NO. The molecule has 0 heterocycles. The molecule has 1 atom stereocenters. The number of aryl methyl sites for hydroxylation is 1. The molecule has 0 bridgehead atoms. The lowest BCUT2D eigenvalue weighted by Crippen LogP contribution is -2.25. The van der Waals surface area contributed by atoms with Crippen LogP contribution in [-0.4, -0.2) is 12.6 Å². The van der Waals surface area contributed by atoms with E-state index in [1.165, 1.54) is 12.1 Å². The summed E-state index contributed by atoms with van der Waals surface area (Å²) in [6.07, 6.45) is 0.966. The maximum absolute atomic E-state index is 13.5. The van der Waals surface area contributed by atoms with E-state index in [-0.39, 0.29) is 6.04 Å². The Morgan fingerprint density at radius 1 is 1.14 bits per heavy atom. The summed E-state index contributed by atoms with van der Waals surface area (Å²) in [4.78, 5) is 0. The second-order valence-corrected chi connectivity index (χ2v) is 5.15. The number of halogens is 2. The fourth-order valence-electron chi connectivity index (χ4n) is 2.11. The van der Waals surface area contributed by atoms with E-state index in [9.17, 15) is 8.78 Å². The molecule has 0 aliphatic carbocycles. The van der Waals surface area contributed by atoms with Crippen molar-refractivity contribution in [2.75, 3.05) is 6.61 Å². The summed E-state index contributed by atoms with van der Waals surface area (Å²) in [6.45, 7) is 2.46. The summed E-state index contributed by atoms with van der Waals surface area (Å²) in [5.74, 6) is -0.326. The number of rotatable bonds is 6. The van der Waals surface area contributed by atoms with Crippen LogP contribution in [0.3, 0.4) is 0 Å². The highest BCUT2D eigenvalue weighted by Gasteiger charge is 2.09. The maximum atomic E-state index is 13.5. The normalized spacial score (nSPS) is 12.2. The van der Waals surface area contributed by atoms with Crippen LogP contribution in [-0.2, 0) is 6.42 Å². The number of nitrogens with two attached hydrogens (primary N) is 1. The Bertz CT molecular complexity index is 601. The van der Waals surface area contributed by atoms with Gasteiger partial charge < -0.3 is 10.5 Å². The SMILES string of the molecule is Cc1cccc(OCCC(N)Cc2ccc(F)cc2F)c1. The molecule has 112 valence electrons. The largest absolute Gasteiger partial charge is 0.494 e. The van der Waals surface area contributed by atoms with Gasteiger partial charge in [-0.3, -0.25) is 0 Å². The average Bonchev–Trinajstić information content (AvgIpc) is 2.42. The Hall–Kier alpha value is -1.94. The van der Waals surface area contributed by atoms with Gasteiger partial charge >= 0.3 is 0 Å². The zero-order valence-corrected chi connectivity index (χ0v) is 12.0. The van der Waals surface area contributed by atoms with Crippen LogP contribution < -0.4 is 10.5 Å². The van der Waals surface area contributed by atoms with E-state index in [4.69, 9.17) is 10.5 Å². The molecule has 0 fully saturated rings. The summed E-state index contributed by atoms with van der Waals surface area (Å²) >= 11 is 0. The van der Waals surface area contributed by atoms with Crippen molar-refractivity contribution in [2.45, 2.75) is 25.8 Å². The third kappa shape index (κ3) is 4.83. The van der Waals surface area contributed by atoms with Crippen LogP contribution in [0.25, 0.3) is 0 Å². The molecule has 2 nitrogen and oxygen atoms in total. The zero-order valence-electron chi connectivity index (χ0n) is 12.0. The minimum absolute atomic E-state index is 0.227. The molecule has 0 aliphatic heterocycles. The lowest BCUT2D eigenvalue weighted by molar-refractivity contribution is 0.296. The monoisotopic (exact) mass is 291 g/mol. The molecule has 1 unspecified atom stereocenters. The van der Waals surface area contributed by atoms with Gasteiger partial charge in [-0.05, 0) is 49.1 Å². The van der Waals surface area contributed by atoms with Gasteiger partial charge in [0, 0.05) is 12.1 Å². The quantitative estimate of drug-likeness (QED) is 0.882. The first-order chi connectivity index (χ1) is 10.0. The van der Waals surface area contributed by atoms with Crippen molar-refractivity contribution < 1.29 is 13.5 Å². The van der Waals surface area contributed by atoms with Gasteiger partial charge in [-0.25, -0.2) is 8.78 Å². The molecule has 2 aromatic rings. The number of benzene rings is 2. The Kier molecular flexibility index (Phi) is 5.28. The van der Waals surface area contributed by atoms with Crippen LogP contribution in [0, 0.1) is 18.6 Å². The summed E-state index contributed by atoms with van der Waals surface area (Å²) in [5.41, 5.74) is 7.53. The van der Waals surface area contributed by atoms with E-state index >= 15 is 0 Å². The van der Waals surface area contributed by atoms with Crippen molar-refractivity contribution in [1.82, 2.24) is 0 Å². The van der Waals surface area contributed by atoms with E-state index in [0.717, 1.165) is 17.4 Å². The maximum Gasteiger partial charge on any atom is 0.129 e. The number of hydrogen-bond donors (Lipinski definition) is 1. The van der Waals surface area contributed by atoms with Gasteiger partial charge in [0.2, 0.25) is 0 Å². The van der Waals surface area contributed by atoms with E-state index in [1.807, 2.05) is 31.2 Å². The van der Waals surface area contributed by atoms with Crippen molar-refractivity contribution >= 4 is 0 Å². The first-order valence-electron chi connectivity index (χ1n) is 6.93. The van der Waals surface area contributed by atoms with Crippen molar-refractivity contribution in [3.05, 3.63) is 65.2 Å².